The predicted molar refractivity (Wildman–Crippen MR) is 121 cm³/mol. The van der Waals surface area contributed by atoms with Crippen LogP contribution in [0.1, 0.15) is 51.0 Å². The van der Waals surface area contributed by atoms with Crippen LogP contribution in [0.15, 0.2) is 65.6 Å². The number of hydrogen-bond donors (Lipinski definition) is 0. The smallest absolute Gasteiger partial charge is 0.312 e. The molecular formula is C24H27NO3S. The average molecular weight is 410 g/mol. The van der Waals surface area contributed by atoms with Crippen LogP contribution in [0.3, 0.4) is 0 Å². The molecule has 4 nitrogen and oxygen atoms in total. The van der Waals surface area contributed by atoms with Crippen LogP contribution in [0.25, 0.3) is 10.8 Å². The lowest BCUT2D eigenvalue weighted by Gasteiger charge is -2.11. The van der Waals surface area contributed by atoms with Crippen LogP contribution in [0.4, 0.5) is 5.69 Å². The number of aryl methyl sites for hydroxylation is 1. The molecule has 0 aliphatic carbocycles. The van der Waals surface area contributed by atoms with Gasteiger partial charge >= 0.3 is 5.69 Å². The van der Waals surface area contributed by atoms with Crippen LogP contribution in [-0.2, 0) is 6.42 Å². The van der Waals surface area contributed by atoms with Crippen molar-refractivity contribution < 1.29 is 9.11 Å². The van der Waals surface area contributed by atoms with E-state index in [4.69, 9.17) is 4.18 Å². The van der Waals surface area contributed by atoms with Gasteiger partial charge in [-0.25, -0.2) is 0 Å². The van der Waals surface area contributed by atoms with Gasteiger partial charge in [-0.3, -0.25) is 10.1 Å². The van der Waals surface area contributed by atoms with E-state index in [2.05, 4.69) is 13.0 Å². The van der Waals surface area contributed by atoms with Crippen molar-refractivity contribution in [1.82, 2.24) is 0 Å². The Morgan fingerprint density at radius 3 is 2.45 bits per heavy atom. The third kappa shape index (κ3) is 5.97. The molecule has 0 atom stereocenters. The van der Waals surface area contributed by atoms with Gasteiger partial charge in [-0.05, 0) is 35.7 Å². The Bertz CT molecular complexity index is 958. The summed E-state index contributed by atoms with van der Waals surface area (Å²) in [7, 11) is 0. The molecule has 0 amide bonds. The lowest BCUT2D eigenvalue weighted by molar-refractivity contribution is -0.385. The Morgan fingerprint density at radius 2 is 1.66 bits per heavy atom. The van der Waals surface area contributed by atoms with E-state index >= 15 is 0 Å². The number of unbranched alkanes of at least 4 members (excludes halogenated alkanes) is 5. The number of rotatable bonds is 11. The van der Waals surface area contributed by atoms with Crippen molar-refractivity contribution in [2.45, 2.75) is 56.8 Å². The van der Waals surface area contributed by atoms with Crippen molar-refractivity contribution >= 4 is 28.5 Å². The zero-order valence-electron chi connectivity index (χ0n) is 16.8. The van der Waals surface area contributed by atoms with Crippen molar-refractivity contribution in [3.63, 3.8) is 0 Å². The number of nitrogens with zero attached hydrogens (tertiary/aromatic N) is 1. The second-order valence-electron chi connectivity index (χ2n) is 7.22. The molecule has 0 aromatic heterocycles. The molecule has 0 saturated heterocycles. The van der Waals surface area contributed by atoms with E-state index in [-0.39, 0.29) is 10.6 Å². The summed E-state index contributed by atoms with van der Waals surface area (Å²) in [5.74, 6) is 0.379. The maximum absolute atomic E-state index is 11.5. The number of fused-ring (bicyclic) bond motifs is 1. The summed E-state index contributed by atoms with van der Waals surface area (Å²) in [6, 6.07) is 19.4. The molecule has 0 aliphatic heterocycles. The topological polar surface area (TPSA) is 52.4 Å². The molecule has 0 aliphatic rings. The summed E-state index contributed by atoms with van der Waals surface area (Å²) < 4.78 is 5.94. The first-order valence-corrected chi connectivity index (χ1v) is 11.0. The number of para-hydroxylation sites is 1. The highest BCUT2D eigenvalue weighted by Crippen LogP contribution is 2.36. The summed E-state index contributed by atoms with van der Waals surface area (Å²) in [6.45, 7) is 2.21. The highest BCUT2D eigenvalue weighted by Gasteiger charge is 2.20. The molecule has 0 heterocycles. The molecule has 0 unspecified atom stereocenters. The second kappa shape index (κ2) is 10.9. The van der Waals surface area contributed by atoms with E-state index in [9.17, 15) is 10.1 Å². The third-order valence-electron chi connectivity index (χ3n) is 5.01. The first-order valence-electron chi connectivity index (χ1n) is 10.3. The summed E-state index contributed by atoms with van der Waals surface area (Å²) in [6.07, 6.45) is 7.92. The first kappa shape index (κ1) is 21.2. The summed E-state index contributed by atoms with van der Waals surface area (Å²) in [4.78, 5) is 12.1. The van der Waals surface area contributed by atoms with Crippen LogP contribution in [0.5, 0.6) is 5.75 Å². The van der Waals surface area contributed by atoms with Gasteiger partial charge in [-0.15, -0.1) is 0 Å². The lowest BCUT2D eigenvalue weighted by Crippen LogP contribution is -1.98. The van der Waals surface area contributed by atoms with Gasteiger partial charge in [-0.1, -0.05) is 81.5 Å². The molecule has 5 heteroatoms. The number of benzene rings is 3. The number of hydrogen-bond acceptors (Lipinski definition) is 4. The fraction of sp³-hybridized carbons (Fsp3) is 0.333. The zero-order chi connectivity index (χ0) is 20.5. The monoisotopic (exact) mass is 409 g/mol. The van der Waals surface area contributed by atoms with Gasteiger partial charge in [-0.2, -0.15) is 0 Å². The Balaban J connectivity index is 1.70. The molecule has 29 heavy (non-hydrogen) atoms. The van der Waals surface area contributed by atoms with E-state index in [0.29, 0.717) is 5.75 Å². The highest BCUT2D eigenvalue weighted by atomic mass is 32.2. The van der Waals surface area contributed by atoms with Crippen LogP contribution in [0.2, 0.25) is 0 Å². The van der Waals surface area contributed by atoms with Gasteiger partial charge in [0.05, 0.1) is 17.0 Å². The molecule has 0 N–H and O–H groups in total. The quantitative estimate of drug-likeness (QED) is 0.141. The molecule has 0 bridgehead atoms. The van der Waals surface area contributed by atoms with Gasteiger partial charge in [0, 0.05) is 16.5 Å². The van der Waals surface area contributed by atoms with Crippen molar-refractivity contribution in [3.05, 3.63) is 76.3 Å². The fourth-order valence-electron chi connectivity index (χ4n) is 3.41. The van der Waals surface area contributed by atoms with Crippen molar-refractivity contribution in [1.29, 1.82) is 0 Å². The van der Waals surface area contributed by atoms with Crippen molar-refractivity contribution in [2.75, 3.05) is 0 Å². The molecule has 0 fully saturated rings. The van der Waals surface area contributed by atoms with Gasteiger partial charge in [0.2, 0.25) is 5.75 Å². The van der Waals surface area contributed by atoms with Crippen molar-refractivity contribution in [3.8, 4) is 5.75 Å². The largest absolute Gasteiger partial charge is 0.413 e. The maximum atomic E-state index is 11.5. The zero-order valence-corrected chi connectivity index (χ0v) is 17.6. The van der Waals surface area contributed by atoms with Gasteiger partial charge in [0.1, 0.15) is 0 Å². The standard InChI is InChI=1S/C24H27NO3S/c1-2-3-4-5-6-7-12-20-14-10-15-23(25(26)27)24(20)28-29-22-17-16-19-11-8-9-13-21(19)18-22/h8-11,13-18H,2-7,12H2,1H3. The molecule has 3 rings (SSSR count). The molecule has 0 radical (unpaired) electrons. The predicted octanol–water partition coefficient (Wildman–Crippen LogP) is 7.74. The average Bonchev–Trinajstić information content (AvgIpc) is 2.74. The molecular weight excluding hydrogens is 382 g/mol. The minimum Gasteiger partial charge on any atom is -0.413 e. The van der Waals surface area contributed by atoms with Gasteiger partial charge in [0.15, 0.2) is 0 Å². The van der Waals surface area contributed by atoms with Gasteiger partial charge in [0.25, 0.3) is 0 Å². The van der Waals surface area contributed by atoms with Crippen LogP contribution >= 0.6 is 12.0 Å². The molecule has 3 aromatic carbocycles. The highest BCUT2D eigenvalue weighted by molar-refractivity contribution is 7.95. The Hall–Kier alpha value is -2.53. The van der Waals surface area contributed by atoms with Crippen molar-refractivity contribution in [2.24, 2.45) is 0 Å². The third-order valence-corrected chi connectivity index (χ3v) is 5.71. The Morgan fingerprint density at radius 1 is 0.897 bits per heavy atom. The number of nitro benzene ring substituents is 1. The molecule has 3 aromatic rings. The van der Waals surface area contributed by atoms with E-state index in [1.807, 2.05) is 42.5 Å². The Labute approximate surface area is 176 Å². The minimum absolute atomic E-state index is 0.0294. The van der Waals surface area contributed by atoms with Crippen LogP contribution < -0.4 is 4.18 Å². The van der Waals surface area contributed by atoms with Gasteiger partial charge < -0.3 is 4.18 Å². The lowest BCUT2D eigenvalue weighted by atomic mass is 10.0. The van der Waals surface area contributed by atoms with Crippen LogP contribution in [-0.4, -0.2) is 4.92 Å². The van der Waals surface area contributed by atoms with E-state index < -0.39 is 0 Å². The van der Waals surface area contributed by atoms with E-state index in [1.54, 1.807) is 6.07 Å². The summed E-state index contributed by atoms with van der Waals surface area (Å²) in [5.41, 5.74) is 0.935. The SMILES string of the molecule is CCCCCCCCc1cccc([N+](=O)[O-])c1OSc1ccc2ccccc2c1. The van der Waals surface area contributed by atoms with E-state index in [0.717, 1.165) is 40.5 Å². The Kier molecular flexibility index (Phi) is 7.94. The number of nitro groups is 1. The van der Waals surface area contributed by atoms with Crippen LogP contribution in [0, 0.1) is 10.1 Å². The second-order valence-corrected chi connectivity index (χ2v) is 8.02. The molecule has 0 spiro atoms. The summed E-state index contributed by atoms with van der Waals surface area (Å²) >= 11 is 1.18. The summed E-state index contributed by atoms with van der Waals surface area (Å²) in [5, 5.41) is 13.8. The minimum atomic E-state index is -0.360. The normalized spacial score (nSPS) is 10.9. The van der Waals surface area contributed by atoms with E-state index in [1.165, 1.54) is 43.8 Å². The fourth-order valence-corrected chi connectivity index (χ4v) is 4.08. The molecule has 0 saturated carbocycles. The molecule has 152 valence electrons. The first-order chi connectivity index (χ1) is 14.2. The maximum Gasteiger partial charge on any atom is 0.312 e.